The fourth-order valence-corrected chi connectivity index (χ4v) is 1.79. The number of oxazole rings is 1. The monoisotopic (exact) mass is 244 g/mol. The summed E-state index contributed by atoms with van der Waals surface area (Å²) < 4.78 is 5.70. The standard InChI is InChI=1S/C15H20N2O/c1-4-16-10-15-17-9-14(18-15)13-7-5-12(6-8-13)11(2)3/h5-9,11,16H,4,10H2,1-3H3. The number of nitrogens with one attached hydrogen (secondary N) is 1. The second kappa shape index (κ2) is 5.83. The van der Waals surface area contributed by atoms with E-state index >= 15 is 0 Å². The number of nitrogens with zero attached hydrogens (tertiary/aromatic N) is 1. The molecule has 0 spiro atoms. The van der Waals surface area contributed by atoms with Gasteiger partial charge in [-0.1, -0.05) is 45.0 Å². The van der Waals surface area contributed by atoms with Gasteiger partial charge < -0.3 is 9.73 Å². The van der Waals surface area contributed by atoms with Crippen molar-refractivity contribution in [1.29, 1.82) is 0 Å². The van der Waals surface area contributed by atoms with E-state index in [2.05, 4.69) is 55.3 Å². The van der Waals surface area contributed by atoms with Crippen molar-refractivity contribution >= 4 is 0 Å². The van der Waals surface area contributed by atoms with E-state index in [1.807, 2.05) is 0 Å². The summed E-state index contributed by atoms with van der Waals surface area (Å²) in [6.45, 7) is 8.05. The third-order valence-corrected chi connectivity index (χ3v) is 2.94. The molecule has 0 saturated heterocycles. The minimum Gasteiger partial charge on any atom is -0.439 e. The number of hydrogen-bond acceptors (Lipinski definition) is 3. The lowest BCUT2D eigenvalue weighted by Crippen LogP contribution is -2.11. The van der Waals surface area contributed by atoms with Gasteiger partial charge in [0.2, 0.25) is 5.89 Å². The molecule has 0 aliphatic rings. The average Bonchev–Trinajstić information content (AvgIpc) is 2.85. The summed E-state index contributed by atoms with van der Waals surface area (Å²) in [5, 5.41) is 3.20. The Labute approximate surface area is 108 Å². The molecule has 1 aromatic heterocycles. The summed E-state index contributed by atoms with van der Waals surface area (Å²) in [4.78, 5) is 4.26. The van der Waals surface area contributed by atoms with E-state index in [9.17, 15) is 0 Å². The molecule has 0 radical (unpaired) electrons. The Hall–Kier alpha value is -1.61. The number of benzene rings is 1. The van der Waals surface area contributed by atoms with Gasteiger partial charge in [0.25, 0.3) is 0 Å². The largest absolute Gasteiger partial charge is 0.439 e. The van der Waals surface area contributed by atoms with Gasteiger partial charge in [0.05, 0.1) is 12.7 Å². The molecule has 0 saturated carbocycles. The first-order chi connectivity index (χ1) is 8.70. The van der Waals surface area contributed by atoms with Crippen molar-refractivity contribution in [3.63, 3.8) is 0 Å². The topological polar surface area (TPSA) is 38.1 Å². The van der Waals surface area contributed by atoms with Gasteiger partial charge in [0.15, 0.2) is 5.76 Å². The molecular formula is C15H20N2O. The van der Waals surface area contributed by atoms with Gasteiger partial charge in [-0.3, -0.25) is 0 Å². The van der Waals surface area contributed by atoms with Crippen molar-refractivity contribution in [2.45, 2.75) is 33.2 Å². The average molecular weight is 244 g/mol. The summed E-state index contributed by atoms with van der Waals surface area (Å²) in [6, 6.07) is 8.47. The third-order valence-electron chi connectivity index (χ3n) is 2.94. The molecule has 1 heterocycles. The highest BCUT2D eigenvalue weighted by molar-refractivity contribution is 5.56. The molecule has 0 fully saturated rings. The second-order valence-corrected chi connectivity index (χ2v) is 4.68. The Morgan fingerprint density at radius 1 is 1.22 bits per heavy atom. The molecule has 3 heteroatoms. The van der Waals surface area contributed by atoms with Crippen LogP contribution in [-0.4, -0.2) is 11.5 Å². The van der Waals surface area contributed by atoms with Gasteiger partial charge in [-0.15, -0.1) is 0 Å². The summed E-state index contributed by atoms with van der Waals surface area (Å²) in [6.07, 6.45) is 1.79. The Morgan fingerprint density at radius 2 is 1.94 bits per heavy atom. The van der Waals surface area contributed by atoms with Crippen LogP contribution in [0.1, 0.15) is 38.1 Å². The van der Waals surface area contributed by atoms with E-state index in [0.29, 0.717) is 12.5 Å². The van der Waals surface area contributed by atoms with Crippen molar-refractivity contribution in [3.8, 4) is 11.3 Å². The number of rotatable bonds is 5. The third kappa shape index (κ3) is 2.99. The van der Waals surface area contributed by atoms with Gasteiger partial charge >= 0.3 is 0 Å². The molecule has 0 amide bonds. The molecule has 1 N–H and O–H groups in total. The molecule has 0 unspecified atom stereocenters. The fraction of sp³-hybridized carbons (Fsp3) is 0.400. The van der Waals surface area contributed by atoms with E-state index in [4.69, 9.17) is 4.42 Å². The van der Waals surface area contributed by atoms with Gasteiger partial charge in [-0.05, 0) is 18.0 Å². The van der Waals surface area contributed by atoms with Crippen molar-refractivity contribution in [2.24, 2.45) is 0 Å². The maximum atomic E-state index is 5.70. The van der Waals surface area contributed by atoms with Gasteiger partial charge in [0.1, 0.15) is 0 Å². The Kier molecular flexibility index (Phi) is 4.15. The van der Waals surface area contributed by atoms with Crippen LogP contribution in [0.2, 0.25) is 0 Å². The highest BCUT2D eigenvalue weighted by Gasteiger charge is 2.06. The highest BCUT2D eigenvalue weighted by Crippen LogP contribution is 2.23. The van der Waals surface area contributed by atoms with Crippen LogP contribution in [0.4, 0.5) is 0 Å². The van der Waals surface area contributed by atoms with E-state index in [0.717, 1.165) is 23.8 Å². The first-order valence-electron chi connectivity index (χ1n) is 6.46. The number of aromatic nitrogens is 1. The maximum Gasteiger partial charge on any atom is 0.208 e. The van der Waals surface area contributed by atoms with Crippen LogP contribution in [0.5, 0.6) is 0 Å². The smallest absolute Gasteiger partial charge is 0.208 e. The normalized spacial score (nSPS) is 11.1. The van der Waals surface area contributed by atoms with Crippen molar-refractivity contribution in [3.05, 3.63) is 41.9 Å². The molecule has 18 heavy (non-hydrogen) atoms. The molecule has 96 valence electrons. The Balaban J connectivity index is 2.13. The van der Waals surface area contributed by atoms with Gasteiger partial charge in [-0.25, -0.2) is 4.98 Å². The summed E-state index contributed by atoms with van der Waals surface area (Å²) in [5.74, 6) is 2.12. The van der Waals surface area contributed by atoms with Crippen molar-refractivity contribution in [2.75, 3.05) is 6.54 Å². The zero-order valence-electron chi connectivity index (χ0n) is 11.2. The lowest BCUT2D eigenvalue weighted by atomic mass is 10.0. The predicted octanol–water partition coefficient (Wildman–Crippen LogP) is 3.57. The van der Waals surface area contributed by atoms with Crippen LogP contribution >= 0.6 is 0 Å². The molecule has 0 aliphatic carbocycles. The van der Waals surface area contributed by atoms with Crippen LogP contribution in [-0.2, 0) is 6.54 Å². The van der Waals surface area contributed by atoms with E-state index in [1.54, 1.807) is 6.20 Å². The number of hydrogen-bond donors (Lipinski definition) is 1. The summed E-state index contributed by atoms with van der Waals surface area (Å²) in [5.41, 5.74) is 2.42. The van der Waals surface area contributed by atoms with Crippen molar-refractivity contribution < 1.29 is 4.42 Å². The Morgan fingerprint density at radius 3 is 2.56 bits per heavy atom. The minimum absolute atomic E-state index is 0.554. The quantitative estimate of drug-likeness (QED) is 0.873. The molecule has 2 rings (SSSR count). The van der Waals surface area contributed by atoms with E-state index < -0.39 is 0 Å². The van der Waals surface area contributed by atoms with Crippen LogP contribution in [0.25, 0.3) is 11.3 Å². The van der Waals surface area contributed by atoms with E-state index in [1.165, 1.54) is 5.56 Å². The van der Waals surface area contributed by atoms with Crippen molar-refractivity contribution in [1.82, 2.24) is 10.3 Å². The van der Waals surface area contributed by atoms with Crippen LogP contribution in [0, 0.1) is 0 Å². The molecular weight excluding hydrogens is 224 g/mol. The molecule has 0 atom stereocenters. The zero-order valence-corrected chi connectivity index (χ0v) is 11.2. The first kappa shape index (κ1) is 12.8. The van der Waals surface area contributed by atoms with E-state index in [-0.39, 0.29) is 0 Å². The molecule has 3 nitrogen and oxygen atoms in total. The van der Waals surface area contributed by atoms with Crippen LogP contribution < -0.4 is 5.32 Å². The predicted molar refractivity (Wildman–Crippen MR) is 73.4 cm³/mol. The van der Waals surface area contributed by atoms with Crippen LogP contribution in [0.15, 0.2) is 34.9 Å². The zero-order chi connectivity index (χ0) is 13.0. The maximum absolute atomic E-state index is 5.70. The van der Waals surface area contributed by atoms with Crippen LogP contribution in [0.3, 0.4) is 0 Å². The summed E-state index contributed by atoms with van der Waals surface area (Å²) in [7, 11) is 0. The molecule has 2 aromatic rings. The SMILES string of the molecule is CCNCc1ncc(-c2ccc(C(C)C)cc2)o1. The highest BCUT2D eigenvalue weighted by atomic mass is 16.4. The second-order valence-electron chi connectivity index (χ2n) is 4.68. The van der Waals surface area contributed by atoms with Gasteiger partial charge in [-0.2, -0.15) is 0 Å². The minimum atomic E-state index is 0.554. The van der Waals surface area contributed by atoms with Gasteiger partial charge in [0, 0.05) is 5.56 Å². The molecule has 0 bridgehead atoms. The molecule has 1 aromatic carbocycles. The lowest BCUT2D eigenvalue weighted by molar-refractivity contribution is 0.482. The summed E-state index contributed by atoms with van der Waals surface area (Å²) >= 11 is 0. The first-order valence-corrected chi connectivity index (χ1v) is 6.46. The lowest BCUT2D eigenvalue weighted by Gasteiger charge is -2.05. The fourth-order valence-electron chi connectivity index (χ4n) is 1.79. The molecule has 0 aliphatic heterocycles. The Bertz CT molecular complexity index is 485.